The molecule has 1 heterocycles. The second kappa shape index (κ2) is 8.00. The molecule has 1 atom stereocenters. The van der Waals surface area contributed by atoms with Crippen molar-refractivity contribution < 1.29 is 22.7 Å². The molecule has 3 rings (SSSR count). The molecule has 1 unspecified atom stereocenters. The Morgan fingerprint density at radius 1 is 1.33 bits per heavy atom. The van der Waals surface area contributed by atoms with E-state index in [1.165, 1.54) is 4.90 Å². The number of carbonyl (C=O) groups is 1. The molecule has 2 aliphatic rings. The van der Waals surface area contributed by atoms with E-state index in [1.807, 2.05) is 13.0 Å². The van der Waals surface area contributed by atoms with E-state index >= 15 is 0 Å². The van der Waals surface area contributed by atoms with Crippen molar-refractivity contribution in [2.75, 3.05) is 17.3 Å². The molecule has 5 nitrogen and oxygen atoms in total. The van der Waals surface area contributed by atoms with Crippen LogP contribution in [0.1, 0.15) is 36.5 Å². The number of nitrogens with one attached hydrogen (secondary N) is 1. The molecule has 0 saturated carbocycles. The van der Waals surface area contributed by atoms with Crippen LogP contribution in [0.2, 0.25) is 0 Å². The van der Waals surface area contributed by atoms with Crippen LogP contribution in [-0.2, 0) is 22.4 Å². The van der Waals surface area contributed by atoms with E-state index in [4.69, 9.17) is 4.74 Å². The highest BCUT2D eigenvalue weighted by Gasteiger charge is 2.47. The van der Waals surface area contributed by atoms with Crippen LogP contribution in [0.25, 0.3) is 0 Å². The maximum absolute atomic E-state index is 13.6. The molecular formula is C18H22F3N3O2S. The minimum absolute atomic E-state index is 0.0588. The number of anilines is 1. The lowest BCUT2D eigenvalue weighted by Gasteiger charge is -2.32. The molecule has 0 radical (unpaired) electrons. The number of hydrogen-bond donors (Lipinski definition) is 1. The number of rotatable bonds is 5. The number of aryl methyl sites for hydroxylation is 1. The molecule has 0 fully saturated rings. The minimum atomic E-state index is -4.60. The summed E-state index contributed by atoms with van der Waals surface area (Å²) in [4.78, 5) is 12.8. The fourth-order valence-electron chi connectivity index (χ4n) is 3.49. The highest BCUT2D eigenvalue weighted by atomic mass is 32.2. The summed E-state index contributed by atoms with van der Waals surface area (Å²) in [6, 6.07) is 3.59. The molecule has 0 spiro atoms. The van der Waals surface area contributed by atoms with Crippen LogP contribution >= 0.6 is 11.8 Å². The van der Waals surface area contributed by atoms with Crippen LogP contribution < -0.4 is 10.3 Å². The van der Waals surface area contributed by atoms with Crippen LogP contribution in [0.15, 0.2) is 17.2 Å². The first-order chi connectivity index (χ1) is 12.8. The summed E-state index contributed by atoms with van der Waals surface area (Å²) in [6.45, 7) is 3.91. The molecule has 1 N–H and O–H groups in total. The van der Waals surface area contributed by atoms with Gasteiger partial charge in [0.2, 0.25) is 5.84 Å². The number of esters is 1. The Balaban J connectivity index is 1.94. The molecule has 0 bridgehead atoms. The maximum atomic E-state index is 13.6. The lowest BCUT2D eigenvalue weighted by Crippen LogP contribution is -2.45. The molecule has 148 valence electrons. The van der Waals surface area contributed by atoms with Crippen LogP contribution in [0, 0.1) is 6.92 Å². The number of thioether (sulfide) groups is 1. The van der Waals surface area contributed by atoms with E-state index in [2.05, 4.69) is 10.5 Å². The van der Waals surface area contributed by atoms with E-state index in [-0.39, 0.29) is 12.4 Å². The summed E-state index contributed by atoms with van der Waals surface area (Å²) >= 11 is 1.04. The van der Waals surface area contributed by atoms with Gasteiger partial charge in [-0.2, -0.15) is 18.3 Å². The van der Waals surface area contributed by atoms with E-state index in [0.29, 0.717) is 5.69 Å². The average molecular weight is 401 g/mol. The van der Waals surface area contributed by atoms with E-state index in [9.17, 15) is 18.0 Å². The molecule has 0 saturated heterocycles. The number of alkyl halides is 3. The normalized spacial score (nSPS) is 19.4. The Bertz CT molecular complexity index is 752. The maximum Gasteiger partial charge on any atom is 0.451 e. The van der Waals surface area contributed by atoms with Gasteiger partial charge in [-0.25, -0.2) is 0 Å². The largest absolute Gasteiger partial charge is 0.465 e. The summed E-state index contributed by atoms with van der Waals surface area (Å²) in [5.41, 5.74) is 5.39. The Hall–Kier alpha value is -1.90. The fourth-order valence-corrected chi connectivity index (χ4v) is 4.36. The highest BCUT2D eigenvalue weighted by Crippen LogP contribution is 2.38. The molecule has 9 heteroatoms. The number of nitrogens with zero attached hydrogens (tertiary/aromatic N) is 2. The van der Waals surface area contributed by atoms with Crippen LogP contribution in [-0.4, -0.2) is 35.8 Å². The SMILES string of the molecule is CCOC(=O)CSC1NN=C(C(F)(F)F)N1c1ccc(C)c2c1CCCC2. The van der Waals surface area contributed by atoms with E-state index in [1.54, 1.807) is 13.0 Å². The first kappa shape index (κ1) is 19.9. The number of hydrazone groups is 1. The standard InChI is InChI=1S/C18H22F3N3O2S/c1-3-26-15(25)10-27-17-23-22-16(18(19,20)21)24(17)14-9-8-11(2)12-6-4-5-7-13(12)14/h8-9,17,23H,3-7,10H2,1-2H3. The van der Waals surface area contributed by atoms with Crippen molar-refractivity contribution in [2.24, 2.45) is 5.10 Å². The smallest absolute Gasteiger partial charge is 0.451 e. The predicted octanol–water partition coefficient (Wildman–Crippen LogP) is 3.74. The number of hydrogen-bond acceptors (Lipinski definition) is 6. The van der Waals surface area contributed by atoms with E-state index in [0.717, 1.165) is 54.1 Å². The van der Waals surface area contributed by atoms with Crippen LogP contribution in [0.4, 0.5) is 18.9 Å². The lowest BCUT2D eigenvalue weighted by molar-refractivity contribution is -0.139. The van der Waals surface area contributed by atoms with Crippen LogP contribution in [0.3, 0.4) is 0 Å². The molecule has 0 aromatic heterocycles. The topological polar surface area (TPSA) is 53.9 Å². The third-order valence-corrected chi connectivity index (χ3v) is 5.70. The first-order valence-corrected chi connectivity index (χ1v) is 9.96. The molecule has 1 aliphatic heterocycles. The van der Waals surface area contributed by atoms with Crippen molar-refractivity contribution in [3.05, 3.63) is 28.8 Å². The summed E-state index contributed by atoms with van der Waals surface area (Å²) in [7, 11) is 0. The Labute approximate surface area is 160 Å². The third-order valence-electron chi connectivity index (χ3n) is 4.67. The zero-order chi connectivity index (χ0) is 19.6. The van der Waals surface area contributed by atoms with Crippen molar-refractivity contribution in [2.45, 2.75) is 51.2 Å². The summed E-state index contributed by atoms with van der Waals surface area (Å²) < 4.78 is 45.6. The van der Waals surface area contributed by atoms with Crippen LogP contribution in [0.5, 0.6) is 0 Å². The molecular weight excluding hydrogens is 379 g/mol. The van der Waals surface area contributed by atoms with Crippen molar-refractivity contribution in [1.29, 1.82) is 0 Å². The van der Waals surface area contributed by atoms with Gasteiger partial charge in [0.25, 0.3) is 0 Å². The second-order valence-electron chi connectivity index (χ2n) is 6.47. The summed E-state index contributed by atoms with van der Waals surface area (Å²) in [5.74, 6) is -1.51. The van der Waals surface area contributed by atoms with Gasteiger partial charge in [-0.15, -0.1) is 11.8 Å². The van der Waals surface area contributed by atoms with Crippen molar-refractivity contribution in [3.63, 3.8) is 0 Å². The highest BCUT2D eigenvalue weighted by molar-refractivity contribution is 8.00. The number of benzene rings is 1. The second-order valence-corrected chi connectivity index (χ2v) is 7.53. The molecule has 1 aromatic rings. The Morgan fingerprint density at radius 3 is 2.70 bits per heavy atom. The number of ether oxygens (including phenoxy) is 1. The van der Waals surface area contributed by atoms with Gasteiger partial charge in [-0.3, -0.25) is 15.1 Å². The van der Waals surface area contributed by atoms with Crippen molar-refractivity contribution in [1.82, 2.24) is 5.43 Å². The van der Waals surface area contributed by atoms with Gasteiger partial charge in [-0.1, -0.05) is 6.07 Å². The van der Waals surface area contributed by atoms with Gasteiger partial charge in [-0.05, 0) is 62.3 Å². The molecule has 1 aromatic carbocycles. The first-order valence-electron chi connectivity index (χ1n) is 8.91. The van der Waals surface area contributed by atoms with Gasteiger partial charge in [0.05, 0.1) is 12.4 Å². The summed E-state index contributed by atoms with van der Waals surface area (Å²) in [5, 5.41) is 3.54. The van der Waals surface area contributed by atoms with Crippen molar-refractivity contribution in [3.8, 4) is 0 Å². The third kappa shape index (κ3) is 4.17. The van der Waals surface area contributed by atoms with Gasteiger partial charge in [0.1, 0.15) is 0 Å². The summed E-state index contributed by atoms with van der Waals surface area (Å²) in [6.07, 6.45) is -1.00. The quantitative estimate of drug-likeness (QED) is 0.762. The van der Waals surface area contributed by atoms with Gasteiger partial charge in [0, 0.05) is 5.69 Å². The number of amidine groups is 1. The minimum Gasteiger partial charge on any atom is -0.465 e. The zero-order valence-electron chi connectivity index (χ0n) is 15.2. The average Bonchev–Trinajstić information content (AvgIpc) is 3.05. The van der Waals surface area contributed by atoms with Gasteiger partial charge in [0.15, 0.2) is 5.50 Å². The van der Waals surface area contributed by atoms with Gasteiger partial charge < -0.3 is 4.74 Å². The Morgan fingerprint density at radius 2 is 2.04 bits per heavy atom. The zero-order valence-corrected chi connectivity index (χ0v) is 16.0. The van der Waals surface area contributed by atoms with Crippen molar-refractivity contribution >= 4 is 29.3 Å². The Kier molecular flexibility index (Phi) is 5.88. The lowest BCUT2D eigenvalue weighted by atomic mass is 9.87. The number of carbonyl (C=O) groups excluding carboxylic acids is 1. The number of fused-ring (bicyclic) bond motifs is 1. The monoisotopic (exact) mass is 401 g/mol. The molecule has 1 aliphatic carbocycles. The molecule has 0 amide bonds. The number of halogens is 3. The fraction of sp³-hybridized carbons (Fsp3) is 0.556. The molecule has 27 heavy (non-hydrogen) atoms. The predicted molar refractivity (Wildman–Crippen MR) is 99.8 cm³/mol. The van der Waals surface area contributed by atoms with E-state index < -0.39 is 23.5 Å². The van der Waals surface area contributed by atoms with Gasteiger partial charge >= 0.3 is 12.1 Å².